The summed E-state index contributed by atoms with van der Waals surface area (Å²) in [6, 6.07) is 7.05. The number of rotatable bonds is 3. The van der Waals surface area contributed by atoms with E-state index in [0.717, 1.165) is 6.20 Å². The van der Waals surface area contributed by atoms with Crippen LogP contribution in [0.25, 0.3) is 0 Å². The summed E-state index contributed by atoms with van der Waals surface area (Å²) in [5.74, 6) is -1.32. The van der Waals surface area contributed by atoms with Gasteiger partial charge in [0.25, 0.3) is 0 Å². The summed E-state index contributed by atoms with van der Waals surface area (Å²) < 4.78 is 27.0. The molecule has 0 unspecified atom stereocenters. The van der Waals surface area contributed by atoms with E-state index in [0.29, 0.717) is 15.7 Å². The highest BCUT2D eigenvalue weighted by molar-refractivity contribution is 9.10. The van der Waals surface area contributed by atoms with Crippen molar-refractivity contribution in [2.24, 2.45) is 0 Å². The highest BCUT2D eigenvalue weighted by Gasteiger charge is 2.21. The van der Waals surface area contributed by atoms with E-state index in [-0.39, 0.29) is 5.82 Å². The average Bonchev–Trinajstić information content (AvgIpc) is 2.41. The standard InChI is InChI=1S/C14H12BrF2NO/c1-8(11-6-13(15)18-7-12(11)17)14(19)9-2-4-10(16)5-3-9/h2-8,14,19H,1H3/t8-,14+/m1/s1. The maximum absolute atomic E-state index is 13.7. The summed E-state index contributed by atoms with van der Waals surface area (Å²) in [5.41, 5.74) is 0.903. The zero-order chi connectivity index (χ0) is 14.0. The largest absolute Gasteiger partial charge is 0.388 e. The monoisotopic (exact) mass is 327 g/mol. The lowest BCUT2D eigenvalue weighted by atomic mass is 9.91. The highest BCUT2D eigenvalue weighted by Crippen LogP contribution is 2.32. The number of aliphatic hydroxyl groups excluding tert-OH is 1. The third-order valence-corrected chi connectivity index (χ3v) is 3.46. The van der Waals surface area contributed by atoms with Gasteiger partial charge in [0.2, 0.25) is 0 Å². The van der Waals surface area contributed by atoms with Gasteiger partial charge in [-0.05, 0) is 45.3 Å². The SMILES string of the molecule is C[C@H](c1cc(Br)ncc1F)[C@H](O)c1ccc(F)cc1. The molecule has 0 radical (unpaired) electrons. The molecule has 5 heteroatoms. The van der Waals surface area contributed by atoms with Gasteiger partial charge < -0.3 is 5.11 Å². The Morgan fingerprint density at radius 3 is 2.47 bits per heavy atom. The summed E-state index contributed by atoms with van der Waals surface area (Å²) in [5, 5.41) is 10.2. The Balaban J connectivity index is 2.30. The molecule has 0 aliphatic heterocycles. The average molecular weight is 328 g/mol. The Kier molecular flexibility index (Phi) is 4.27. The second kappa shape index (κ2) is 5.75. The molecule has 0 bridgehead atoms. The van der Waals surface area contributed by atoms with Crippen LogP contribution in [0.5, 0.6) is 0 Å². The zero-order valence-electron chi connectivity index (χ0n) is 10.1. The summed E-state index contributed by atoms with van der Waals surface area (Å²) in [6.45, 7) is 1.71. The van der Waals surface area contributed by atoms with Crippen LogP contribution in [0.3, 0.4) is 0 Å². The molecule has 1 aromatic heterocycles. The fourth-order valence-corrected chi connectivity index (χ4v) is 2.24. The van der Waals surface area contributed by atoms with Crippen molar-refractivity contribution in [2.45, 2.75) is 18.9 Å². The van der Waals surface area contributed by atoms with Crippen molar-refractivity contribution in [3.8, 4) is 0 Å². The van der Waals surface area contributed by atoms with Crippen molar-refractivity contribution in [2.75, 3.05) is 0 Å². The Morgan fingerprint density at radius 2 is 1.84 bits per heavy atom. The van der Waals surface area contributed by atoms with Gasteiger partial charge in [0, 0.05) is 5.92 Å². The van der Waals surface area contributed by atoms with Gasteiger partial charge in [-0.2, -0.15) is 0 Å². The molecule has 2 aromatic rings. The molecule has 100 valence electrons. The Hall–Kier alpha value is -1.33. The molecular formula is C14H12BrF2NO. The van der Waals surface area contributed by atoms with E-state index in [4.69, 9.17) is 0 Å². The number of hydrogen-bond donors (Lipinski definition) is 1. The first-order chi connectivity index (χ1) is 8.99. The first-order valence-electron chi connectivity index (χ1n) is 5.73. The van der Waals surface area contributed by atoms with Crippen molar-refractivity contribution in [1.29, 1.82) is 0 Å². The van der Waals surface area contributed by atoms with Crippen LogP contribution in [0.1, 0.15) is 30.1 Å². The summed E-state index contributed by atoms with van der Waals surface area (Å²) in [6.07, 6.45) is 0.192. The molecule has 0 amide bonds. The molecule has 0 aliphatic rings. The molecular weight excluding hydrogens is 316 g/mol. The van der Waals surface area contributed by atoms with E-state index >= 15 is 0 Å². The van der Waals surface area contributed by atoms with Crippen LogP contribution in [0, 0.1) is 11.6 Å². The van der Waals surface area contributed by atoms with Gasteiger partial charge in [0.15, 0.2) is 0 Å². The number of aromatic nitrogens is 1. The van der Waals surface area contributed by atoms with E-state index < -0.39 is 17.8 Å². The van der Waals surface area contributed by atoms with Crippen LogP contribution in [-0.4, -0.2) is 10.1 Å². The van der Waals surface area contributed by atoms with Crippen LogP contribution in [0.15, 0.2) is 41.1 Å². The zero-order valence-corrected chi connectivity index (χ0v) is 11.7. The van der Waals surface area contributed by atoms with Crippen molar-refractivity contribution in [3.05, 3.63) is 63.9 Å². The molecule has 2 nitrogen and oxygen atoms in total. The van der Waals surface area contributed by atoms with Crippen LogP contribution < -0.4 is 0 Å². The number of benzene rings is 1. The lowest BCUT2D eigenvalue weighted by Crippen LogP contribution is -2.10. The molecule has 1 heterocycles. The number of halogens is 3. The Morgan fingerprint density at radius 1 is 1.21 bits per heavy atom. The lowest BCUT2D eigenvalue weighted by Gasteiger charge is -2.20. The van der Waals surface area contributed by atoms with Crippen LogP contribution in [0.4, 0.5) is 8.78 Å². The molecule has 0 saturated heterocycles. The highest BCUT2D eigenvalue weighted by atomic mass is 79.9. The molecule has 0 spiro atoms. The Bertz CT molecular complexity index is 574. The maximum atomic E-state index is 13.7. The molecule has 19 heavy (non-hydrogen) atoms. The van der Waals surface area contributed by atoms with Crippen molar-refractivity contribution < 1.29 is 13.9 Å². The third-order valence-electron chi connectivity index (χ3n) is 3.03. The van der Waals surface area contributed by atoms with Crippen molar-refractivity contribution in [3.63, 3.8) is 0 Å². The fraction of sp³-hybridized carbons (Fsp3) is 0.214. The lowest BCUT2D eigenvalue weighted by molar-refractivity contribution is 0.150. The van der Waals surface area contributed by atoms with Gasteiger partial charge >= 0.3 is 0 Å². The van der Waals surface area contributed by atoms with Gasteiger partial charge in [0.05, 0.1) is 12.3 Å². The minimum absolute atomic E-state index is 0.360. The van der Waals surface area contributed by atoms with E-state index in [1.165, 1.54) is 30.3 Å². The predicted octanol–water partition coefficient (Wildman–Crippen LogP) is 3.96. The smallest absolute Gasteiger partial charge is 0.145 e. The number of aliphatic hydroxyl groups is 1. The minimum Gasteiger partial charge on any atom is -0.388 e. The summed E-state index contributed by atoms with van der Waals surface area (Å²) in [7, 11) is 0. The van der Waals surface area contributed by atoms with Gasteiger partial charge in [-0.3, -0.25) is 0 Å². The van der Waals surface area contributed by atoms with E-state index in [1.807, 2.05) is 0 Å². The molecule has 1 N–H and O–H groups in total. The minimum atomic E-state index is -0.913. The molecule has 2 atom stereocenters. The van der Waals surface area contributed by atoms with E-state index in [9.17, 15) is 13.9 Å². The number of hydrogen-bond acceptors (Lipinski definition) is 2. The van der Waals surface area contributed by atoms with E-state index in [2.05, 4.69) is 20.9 Å². The van der Waals surface area contributed by atoms with Crippen LogP contribution >= 0.6 is 15.9 Å². The molecule has 0 fully saturated rings. The quantitative estimate of drug-likeness (QED) is 0.865. The molecule has 2 rings (SSSR count). The van der Waals surface area contributed by atoms with Gasteiger partial charge in [-0.1, -0.05) is 19.1 Å². The molecule has 0 aliphatic carbocycles. The predicted molar refractivity (Wildman–Crippen MR) is 71.7 cm³/mol. The van der Waals surface area contributed by atoms with Crippen molar-refractivity contribution >= 4 is 15.9 Å². The van der Waals surface area contributed by atoms with Crippen molar-refractivity contribution in [1.82, 2.24) is 4.98 Å². The first-order valence-corrected chi connectivity index (χ1v) is 6.53. The van der Waals surface area contributed by atoms with Gasteiger partial charge in [-0.25, -0.2) is 13.8 Å². The Labute approximate surface area is 118 Å². The normalized spacial score (nSPS) is 14.2. The second-order valence-corrected chi connectivity index (χ2v) is 5.13. The summed E-state index contributed by atoms with van der Waals surface area (Å²) >= 11 is 3.17. The van der Waals surface area contributed by atoms with Crippen LogP contribution in [0.2, 0.25) is 0 Å². The van der Waals surface area contributed by atoms with Gasteiger partial charge in [0.1, 0.15) is 16.2 Å². The van der Waals surface area contributed by atoms with E-state index in [1.54, 1.807) is 6.92 Å². The van der Waals surface area contributed by atoms with Crippen LogP contribution in [-0.2, 0) is 0 Å². The molecule has 1 aromatic carbocycles. The first kappa shape index (κ1) is 14.1. The topological polar surface area (TPSA) is 33.1 Å². The number of pyridine rings is 1. The van der Waals surface area contributed by atoms with Gasteiger partial charge in [-0.15, -0.1) is 0 Å². The summed E-state index contributed by atoms with van der Waals surface area (Å²) in [4.78, 5) is 3.78. The maximum Gasteiger partial charge on any atom is 0.145 e. The fourth-order valence-electron chi connectivity index (χ4n) is 1.90. The second-order valence-electron chi connectivity index (χ2n) is 4.31. The number of nitrogens with zero attached hydrogens (tertiary/aromatic N) is 1. The molecule has 0 saturated carbocycles. The third kappa shape index (κ3) is 3.16.